The lowest BCUT2D eigenvalue weighted by Gasteiger charge is -2.15. The van der Waals surface area contributed by atoms with E-state index in [1.165, 1.54) is 46.1 Å². The minimum Gasteiger partial charge on any atom is -0.458 e. The molecule has 12 heteroatoms. The van der Waals surface area contributed by atoms with Gasteiger partial charge in [-0.2, -0.15) is 4.72 Å². The smallest absolute Gasteiger partial charge is 0.326 e. The number of thiazole rings is 1. The number of hydrogen-bond donors (Lipinski definition) is 2. The molecule has 0 saturated heterocycles. The van der Waals surface area contributed by atoms with E-state index >= 15 is 0 Å². The summed E-state index contributed by atoms with van der Waals surface area (Å²) in [7, 11) is -4.04. The van der Waals surface area contributed by atoms with Gasteiger partial charge in [0.05, 0.1) is 17.2 Å². The maximum atomic E-state index is 12.4. The van der Waals surface area contributed by atoms with Gasteiger partial charge in [0.25, 0.3) is 5.56 Å². The Bertz CT molecular complexity index is 1160. The molecule has 0 saturated carbocycles. The Morgan fingerprint density at radius 2 is 2.07 bits per heavy atom. The number of halogens is 1. The number of aliphatic hydroxyl groups excluding tert-OH is 1. The summed E-state index contributed by atoms with van der Waals surface area (Å²) in [5.74, 6) is -0.989. The van der Waals surface area contributed by atoms with Gasteiger partial charge in [-0.25, -0.2) is 13.4 Å². The van der Waals surface area contributed by atoms with Crippen LogP contribution in [0.2, 0.25) is 0 Å². The van der Waals surface area contributed by atoms with Crippen LogP contribution in [0.5, 0.6) is 0 Å². The van der Waals surface area contributed by atoms with Crippen molar-refractivity contribution >= 4 is 48.2 Å². The quantitative estimate of drug-likeness (QED) is 0.473. The maximum Gasteiger partial charge on any atom is 0.326 e. The molecule has 3 rings (SSSR count). The van der Waals surface area contributed by atoms with Crippen molar-refractivity contribution in [3.63, 3.8) is 0 Å². The Labute approximate surface area is 171 Å². The van der Waals surface area contributed by atoms with Crippen molar-refractivity contribution < 1.29 is 23.1 Å². The van der Waals surface area contributed by atoms with Crippen LogP contribution in [-0.4, -0.2) is 41.5 Å². The fourth-order valence-corrected chi connectivity index (χ4v) is 4.42. The highest BCUT2D eigenvalue weighted by atomic mass is 79.9. The van der Waals surface area contributed by atoms with Gasteiger partial charge in [0.15, 0.2) is 4.96 Å². The standard InChI is InChI=1S/C16H14BrN3O6S2/c17-10-1-3-12(4-2-10)28(24,25)19-13(8-21)15(23)26-9-11-7-14(22)20-5-6-27-16(20)18-11/h1-7,13,19,21H,8-9H2. The zero-order chi connectivity index (χ0) is 20.3. The van der Waals surface area contributed by atoms with E-state index in [4.69, 9.17) is 4.74 Å². The Morgan fingerprint density at radius 3 is 2.75 bits per heavy atom. The highest BCUT2D eigenvalue weighted by Gasteiger charge is 2.26. The summed E-state index contributed by atoms with van der Waals surface area (Å²) in [4.78, 5) is 28.7. The fraction of sp³-hybridized carbons (Fsp3) is 0.188. The number of sulfonamides is 1. The molecule has 1 unspecified atom stereocenters. The summed E-state index contributed by atoms with van der Waals surface area (Å²) in [5.41, 5.74) is -0.111. The van der Waals surface area contributed by atoms with Gasteiger partial charge >= 0.3 is 5.97 Å². The zero-order valence-electron chi connectivity index (χ0n) is 14.1. The van der Waals surface area contributed by atoms with Crippen LogP contribution in [0.1, 0.15) is 5.69 Å². The molecule has 0 aliphatic heterocycles. The molecule has 0 aliphatic carbocycles. The van der Waals surface area contributed by atoms with Crippen LogP contribution >= 0.6 is 27.3 Å². The van der Waals surface area contributed by atoms with Gasteiger partial charge in [-0.3, -0.25) is 14.0 Å². The second-order valence-corrected chi connectivity index (χ2v) is 9.06. The minimum atomic E-state index is -4.04. The third-order valence-electron chi connectivity index (χ3n) is 3.61. The Hall–Kier alpha value is -2.12. The van der Waals surface area contributed by atoms with Crippen molar-refractivity contribution in [1.82, 2.24) is 14.1 Å². The molecule has 2 aromatic heterocycles. The van der Waals surface area contributed by atoms with E-state index in [1.54, 1.807) is 11.6 Å². The van der Waals surface area contributed by atoms with Crippen molar-refractivity contribution in [2.45, 2.75) is 17.5 Å². The van der Waals surface area contributed by atoms with E-state index < -0.39 is 28.6 Å². The van der Waals surface area contributed by atoms with E-state index in [-0.39, 0.29) is 22.8 Å². The SMILES string of the molecule is O=C(OCc1cc(=O)n2ccsc2n1)C(CO)NS(=O)(=O)c1ccc(Br)cc1. The van der Waals surface area contributed by atoms with Crippen molar-refractivity contribution in [1.29, 1.82) is 0 Å². The van der Waals surface area contributed by atoms with E-state index in [2.05, 4.69) is 25.6 Å². The summed E-state index contributed by atoms with van der Waals surface area (Å²) in [6.07, 6.45) is 1.57. The molecule has 3 aromatic rings. The van der Waals surface area contributed by atoms with Crippen LogP contribution in [0.15, 0.2) is 56.1 Å². The lowest BCUT2D eigenvalue weighted by Crippen LogP contribution is -2.44. The first kappa shape index (κ1) is 20.6. The van der Waals surface area contributed by atoms with Gasteiger partial charge in [0.2, 0.25) is 10.0 Å². The molecule has 0 amide bonds. The van der Waals surface area contributed by atoms with E-state index in [9.17, 15) is 23.1 Å². The molecular weight excluding hydrogens is 474 g/mol. The first-order valence-corrected chi connectivity index (χ1v) is 11.0. The third kappa shape index (κ3) is 4.64. The molecule has 0 aliphatic rings. The van der Waals surface area contributed by atoms with Gasteiger partial charge < -0.3 is 9.84 Å². The van der Waals surface area contributed by atoms with Gasteiger partial charge in [-0.1, -0.05) is 15.9 Å². The molecule has 1 atom stereocenters. The molecule has 0 spiro atoms. The number of carbonyl (C=O) groups excluding carboxylic acids is 1. The van der Waals surface area contributed by atoms with Crippen LogP contribution in [0, 0.1) is 0 Å². The molecule has 1 aromatic carbocycles. The van der Waals surface area contributed by atoms with E-state index in [1.807, 2.05) is 0 Å². The molecule has 9 nitrogen and oxygen atoms in total. The second kappa shape index (κ2) is 8.49. The van der Waals surface area contributed by atoms with Crippen molar-refractivity contribution in [3.8, 4) is 0 Å². The average Bonchev–Trinajstić information content (AvgIpc) is 3.14. The largest absolute Gasteiger partial charge is 0.458 e. The maximum absolute atomic E-state index is 12.4. The van der Waals surface area contributed by atoms with Crippen LogP contribution < -0.4 is 10.3 Å². The molecule has 2 N–H and O–H groups in total. The lowest BCUT2D eigenvalue weighted by atomic mass is 10.3. The van der Waals surface area contributed by atoms with E-state index in [0.717, 1.165) is 0 Å². The predicted octanol–water partition coefficient (Wildman–Crippen LogP) is 0.901. The van der Waals surface area contributed by atoms with Crippen LogP contribution in [0.3, 0.4) is 0 Å². The molecular formula is C16H14BrN3O6S2. The van der Waals surface area contributed by atoms with Crippen LogP contribution in [0.25, 0.3) is 4.96 Å². The van der Waals surface area contributed by atoms with Crippen LogP contribution in [0.4, 0.5) is 0 Å². The number of esters is 1. The minimum absolute atomic E-state index is 0.0696. The second-order valence-electron chi connectivity index (χ2n) is 5.56. The lowest BCUT2D eigenvalue weighted by molar-refractivity contribution is -0.148. The number of benzene rings is 1. The average molecular weight is 488 g/mol. The third-order valence-corrected chi connectivity index (χ3v) is 6.38. The topological polar surface area (TPSA) is 127 Å². The van der Waals surface area contributed by atoms with Gasteiger partial charge in [-0.15, -0.1) is 11.3 Å². The number of nitrogens with one attached hydrogen (secondary N) is 1. The highest BCUT2D eigenvalue weighted by molar-refractivity contribution is 9.10. The first-order valence-electron chi connectivity index (χ1n) is 7.81. The molecule has 2 heterocycles. The summed E-state index contributed by atoms with van der Waals surface area (Å²) >= 11 is 4.45. The molecule has 0 radical (unpaired) electrons. The summed E-state index contributed by atoms with van der Waals surface area (Å²) < 4.78 is 33.9. The summed E-state index contributed by atoms with van der Waals surface area (Å²) in [6.45, 7) is -1.13. The number of rotatable bonds is 7. The molecule has 0 bridgehead atoms. The number of hydrogen-bond acceptors (Lipinski definition) is 8. The number of fused-ring (bicyclic) bond motifs is 1. The molecule has 0 fully saturated rings. The Morgan fingerprint density at radius 1 is 1.36 bits per heavy atom. The Kier molecular flexibility index (Phi) is 6.25. The summed E-state index contributed by atoms with van der Waals surface area (Å²) in [6, 6.07) is 5.48. The predicted molar refractivity (Wildman–Crippen MR) is 104 cm³/mol. The summed E-state index contributed by atoms with van der Waals surface area (Å²) in [5, 5.41) is 11.1. The van der Waals surface area contributed by atoms with Crippen LogP contribution in [-0.2, 0) is 26.2 Å². The number of aliphatic hydroxyl groups is 1. The first-order chi connectivity index (χ1) is 13.3. The highest BCUT2D eigenvalue weighted by Crippen LogP contribution is 2.15. The van der Waals surface area contributed by atoms with Crippen molar-refractivity contribution in [2.24, 2.45) is 0 Å². The number of nitrogens with zero attached hydrogens (tertiary/aromatic N) is 2. The number of ether oxygens (including phenoxy) is 1. The normalized spacial score (nSPS) is 12.8. The van der Waals surface area contributed by atoms with Gasteiger partial charge in [-0.05, 0) is 24.3 Å². The van der Waals surface area contributed by atoms with Crippen molar-refractivity contribution in [2.75, 3.05) is 6.61 Å². The molecule has 28 heavy (non-hydrogen) atoms. The zero-order valence-corrected chi connectivity index (χ0v) is 17.3. The number of carbonyl (C=O) groups is 1. The van der Waals surface area contributed by atoms with E-state index in [0.29, 0.717) is 9.43 Å². The van der Waals surface area contributed by atoms with Crippen molar-refractivity contribution in [3.05, 3.63) is 62.4 Å². The fourth-order valence-electron chi connectivity index (χ4n) is 2.24. The van der Waals surface area contributed by atoms with Gasteiger partial charge in [0, 0.05) is 22.1 Å². The monoisotopic (exact) mass is 487 g/mol. The molecule has 148 valence electrons. The Balaban J connectivity index is 1.69. The van der Waals surface area contributed by atoms with Gasteiger partial charge in [0.1, 0.15) is 12.6 Å². The number of aromatic nitrogens is 2.